The third-order valence-electron chi connectivity index (χ3n) is 6.26. The average Bonchev–Trinajstić information content (AvgIpc) is 3.35. The number of aryl methyl sites for hydroxylation is 2. The lowest BCUT2D eigenvalue weighted by atomic mass is 10.0. The van der Waals surface area contributed by atoms with Crippen molar-refractivity contribution in [1.82, 2.24) is 14.1 Å². The Balaban J connectivity index is 1.71. The number of methoxy groups -OCH3 is 1. The summed E-state index contributed by atoms with van der Waals surface area (Å²) >= 11 is 0. The second-order valence-electron chi connectivity index (χ2n) is 8.30. The molecule has 5 aromatic rings. The number of carbonyl (C=O) groups is 1. The van der Waals surface area contributed by atoms with Gasteiger partial charge in [0.15, 0.2) is 0 Å². The normalized spacial score (nSPS) is 12.7. The first-order valence-corrected chi connectivity index (χ1v) is 10.8. The first kappa shape index (κ1) is 21.2. The van der Waals surface area contributed by atoms with Gasteiger partial charge in [-0.1, -0.05) is 6.07 Å². The van der Waals surface area contributed by atoms with Crippen LogP contribution < -0.4 is 0 Å². The van der Waals surface area contributed by atoms with Gasteiger partial charge in [-0.05, 0) is 67.4 Å². The molecule has 0 aliphatic heterocycles. The van der Waals surface area contributed by atoms with Crippen LogP contribution in [0, 0.1) is 12.7 Å². The van der Waals surface area contributed by atoms with Crippen molar-refractivity contribution in [2.45, 2.75) is 26.4 Å². The Bertz CT molecular complexity index is 1530. The van der Waals surface area contributed by atoms with E-state index in [1.54, 1.807) is 37.7 Å². The molecule has 1 atom stereocenters. The van der Waals surface area contributed by atoms with Crippen molar-refractivity contribution in [1.29, 1.82) is 0 Å². The van der Waals surface area contributed by atoms with Gasteiger partial charge in [0.05, 0.1) is 41.1 Å². The molecular weight excluding hydrogens is 421 g/mol. The molecular formula is C26H24FN3O3. The molecule has 0 saturated heterocycles. The smallest absolute Gasteiger partial charge is 0.335 e. The highest BCUT2D eigenvalue weighted by Crippen LogP contribution is 2.35. The Morgan fingerprint density at radius 2 is 1.91 bits per heavy atom. The lowest BCUT2D eigenvalue weighted by molar-refractivity contribution is 0.0697. The number of carboxylic acid groups (broad SMARTS) is 1. The van der Waals surface area contributed by atoms with E-state index in [9.17, 15) is 14.3 Å². The van der Waals surface area contributed by atoms with Crippen molar-refractivity contribution in [2.24, 2.45) is 0 Å². The minimum absolute atomic E-state index is 0.185. The summed E-state index contributed by atoms with van der Waals surface area (Å²) in [5.41, 5.74) is 5.11. The minimum Gasteiger partial charge on any atom is -0.478 e. The molecule has 0 saturated carbocycles. The number of halogens is 1. The van der Waals surface area contributed by atoms with Gasteiger partial charge in [0.2, 0.25) is 0 Å². The van der Waals surface area contributed by atoms with Crippen molar-refractivity contribution in [3.63, 3.8) is 0 Å². The predicted molar refractivity (Wildman–Crippen MR) is 127 cm³/mol. The van der Waals surface area contributed by atoms with Crippen LogP contribution in [-0.4, -0.2) is 38.9 Å². The zero-order valence-electron chi connectivity index (χ0n) is 18.7. The van der Waals surface area contributed by atoms with Crippen molar-refractivity contribution in [3.8, 4) is 0 Å². The average molecular weight is 445 g/mol. The SMILES string of the molecule is CCn1c2ccc(C(COC)n3cnc4cc(C(=O)O)ccc43)cc2c2cc(C)cc(F)c21. The first-order chi connectivity index (χ1) is 15.9. The quantitative estimate of drug-likeness (QED) is 0.372. The number of ether oxygens (including phenoxy) is 1. The van der Waals surface area contributed by atoms with E-state index in [4.69, 9.17) is 4.74 Å². The molecule has 7 heteroatoms. The van der Waals surface area contributed by atoms with Crippen LogP contribution in [0.15, 0.2) is 54.9 Å². The number of imidazole rings is 1. The summed E-state index contributed by atoms with van der Waals surface area (Å²) in [6.07, 6.45) is 1.71. The Hall–Kier alpha value is -3.71. The monoisotopic (exact) mass is 445 g/mol. The summed E-state index contributed by atoms with van der Waals surface area (Å²) < 4.78 is 24.5. The van der Waals surface area contributed by atoms with Crippen LogP contribution in [0.1, 0.15) is 34.5 Å². The van der Waals surface area contributed by atoms with E-state index in [2.05, 4.69) is 11.1 Å². The summed E-state index contributed by atoms with van der Waals surface area (Å²) in [4.78, 5) is 15.8. The molecule has 0 fully saturated rings. The fourth-order valence-corrected chi connectivity index (χ4v) is 4.78. The predicted octanol–water partition coefficient (Wildman–Crippen LogP) is 5.55. The van der Waals surface area contributed by atoms with Crippen LogP contribution in [0.25, 0.3) is 32.8 Å². The molecule has 168 valence electrons. The first-order valence-electron chi connectivity index (χ1n) is 10.8. The molecule has 3 aromatic carbocycles. The number of nitrogens with zero attached hydrogens (tertiary/aromatic N) is 3. The number of carboxylic acids is 1. The highest BCUT2D eigenvalue weighted by Gasteiger charge is 2.20. The second kappa shape index (κ2) is 8.01. The number of rotatable bonds is 6. The molecule has 33 heavy (non-hydrogen) atoms. The van der Waals surface area contributed by atoms with Crippen molar-refractivity contribution < 1.29 is 19.0 Å². The molecule has 0 spiro atoms. The molecule has 5 rings (SSSR count). The van der Waals surface area contributed by atoms with E-state index >= 15 is 0 Å². The van der Waals surface area contributed by atoms with Crippen LogP contribution in [0.4, 0.5) is 4.39 Å². The van der Waals surface area contributed by atoms with Crippen LogP contribution in [0.5, 0.6) is 0 Å². The highest BCUT2D eigenvalue weighted by atomic mass is 19.1. The van der Waals surface area contributed by atoms with Crippen molar-refractivity contribution >= 4 is 38.8 Å². The number of hydrogen-bond donors (Lipinski definition) is 1. The zero-order valence-corrected chi connectivity index (χ0v) is 18.7. The van der Waals surface area contributed by atoms with Crippen molar-refractivity contribution in [2.75, 3.05) is 13.7 Å². The van der Waals surface area contributed by atoms with Gasteiger partial charge in [-0.15, -0.1) is 0 Å². The van der Waals surface area contributed by atoms with Crippen LogP contribution >= 0.6 is 0 Å². The van der Waals surface area contributed by atoms with E-state index < -0.39 is 5.97 Å². The Morgan fingerprint density at radius 3 is 2.64 bits per heavy atom. The zero-order chi connectivity index (χ0) is 23.3. The Morgan fingerprint density at radius 1 is 1.12 bits per heavy atom. The summed E-state index contributed by atoms with van der Waals surface area (Å²) in [5.74, 6) is -1.20. The van der Waals surface area contributed by atoms with Crippen LogP contribution in [-0.2, 0) is 11.3 Å². The summed E-state index contributed by atoms with van der Waals surface area (Å²) in [6, 6.07) is 14.5. The number of aromatic nitrogens is 3. The van der Waals surface area contributed by atoms with Gasteiger partial charge < -0.3 is 19.0 Å². The number of benzene rings is 3. The van der Waals surface area contributed by atoms with E-state index in [-0.39, 0.29) is 17.4 Å². The van der Waals surface area contributed by atoms with Gasteiger partial charge in [-0.25, -0.2) is 14.2 Å². The molecule has 0 radical (unpaired) electrons. The van der Waals surface area contributed by atoms with Gasteiger partial charge in [-0.2, -0.15) is 0 Å². The van der Waals surface area contributed by atoms with E-state index in [0.29, 0.717) is 24.2 Å². The van der Waals surface area contributed by atoms with E-state index in [1.807, 2.05) is 41.2 Å². The third-order valence-corrected chi connectivity index (χ3v) is 6.26. The Labute approximate surface area is 189 Å². The van der Waals surface area contributed by atoms with E-state index in [0.717, 1.165) is 32.9 Å². The molecule has 1 unspecified atom stereocenters. The fourth-order valence-electron chi connectivity index (χ4n) is 4.78. The van der Waals surface area contributed by atoms with Crippen LogP contribution in [0.2, 0.25) is 0 Å². The molecule has 0 bridgehead atoms. The third kappa shape index (κ3) is 3.36. The summed E-state index contributed by atoms with van der Waals surface area (Å²) in [7, 11) is 1.65. The Kier molecular flexibility index (Phi) is 5.13. The van der Waals surface area contributed by atoms with Crippen LogP contribution in [0.3, 0.4) is 0 Å². The molecule has 0 aliphatic carbocycles. The molecule has 0 amide bonds. The lowest BCUT2D eigenvalue weighted by Gasteiger charge is -2.20. The maximum Gasteiger partial charge on any atom is 0.335 e. The second-order valence-corrected chi connectivity index (χ2v) is 8.30. The molecule has 0 aliphatic rings. The molecule has 2 aromatic heterocycles. The standard InChI is InChI=1S/C26H24FN3O3/c1-4-29-22-7-5-16(11-18(22)19-9-15(2)10-20(27)25(19)29)24(13-33-3)30-14-28-21-12-17(26(31)32)6-8-23(21)30/h5-12,14,24H,4,13H2,1-3H3,(H,31,32). The maximum absolute atomic E-state index is 14.9. The number of aromatic carboxylic acids is 1. The van der Waals surface area contributed by atoms with Gasteiger partial charge >= 0.3 is 5.97 Å². The number of fused-ring (bicyclic) bond motifs is 4. The molecule has 6 nitrogen and oxygen atoms in total. The summed E-state index contributed by atoms with van der Waals surface area (Å²) in [5, 5.41) is 11.2. The molecule has 2 heterocycles. The minimum atomic E-state index is -0.986. The van der Waals surface area contributed by atoms with Crippen molar-refractivity contribution in [3.05, 3.63) is 77.4 Å². The van der Waals surface area contributed by atoms with E-state index in [1.165, 1.54) is 0 Å². The topological polar surface area (TPSA) is 69.3 Å². The maximum atomic E-state index is 14.9. The largest absolute Gasteiger partial charge is 0.478 e. The van der Waals surface area contributed by atoms with Gasteiger partial charge in [-0.3, -0.25) is 0 Å². The summed E-state index contributed by atoms with van der Waals surface area (Å²) in [6.45, 7) is 4.98. The molecule has 1 N–H and O–H groups in total. The van der Waals surface area contributed by atoms with Gasteiger partial charge in [0.1, 0.15) is 5.82 Å². The van der Waals surface area contributed by atoms with Gasteiger partial charge in [0, 0.05) is 29.9 Å². The number of hydrogen-bond acceptors (Lipinski definition) is 3. The highest BCUT2D eigenvalue weighted by molar-refractivity contribution is 6.08. The lowest BCUT2D eigenvalue weighted by Crippen LogP contribution is -2.15. The fraction of sp³-hybridized carbons (Fsp3) is 0.231. The van der Waals surface area contributed by atoms with Gasteiger partial charge in [0.25, 0.3) is 0 Å².